The SMILES string of the molecule is CCNc1ccc2n[nH]c(=O)n2n1. The smallest absolute Gasteiger partial charge is 0.364 e. The molecule has 0 fully saturated rings. The van der Waals surface area contributed by atoms with Gasteiger partial charge in [0.2, 0.25) is 0 Å². The van der Waals surface area contributed by atoms with Gasteiger partial charge >= 0.3 is 5.69 Å². The van der Waals surface area contributed by atoms with Crippen molar-refractivity contribution in [3.05, 3.63) is 22.6 Å². The lowest BCUT2D eigenvalue weighted by atomic mass is 10.5. The largest absolute Gasteiger partial charge is 0.369 e. The predicted molar refractivity (Wildman–Crippen MR) is 47.8 cm³/mol. The number of aromatic nitrogens is 4. The normalized spacial score (nSPS) is 10.5. The van der Waals surface area contributed by atoms with Crippen LogP contribution in [-0.2, 0) is 0 Å². The molecule has 0 aliphatic rings. The summed E-state index contributed by atoms with van der Waals surface area (Å²) in [6, 6.07) is 3.50. The molecule has 0 radical (unpaired) electrons. The second kappa shape index (κ2) is 2.89. The van der Waals surface area contributed by atoms with Gasteiger partial charge in [0.25, 0.3) is 0 Å². The van der Waals surface area contributed by atoms with Crippen molar-refractivity contribution in [1.82, 2.24) is 19.8 Å². The molecular weight excluding hydrogens is 170 g/mol. The van der Waals surface area contributed by atoms with Gasteiger partial charge in [-0.1, -0.05) is 0 Å². The van der Waals surface area contributed by atoms with Crippen molar-refractivity contribution in [2.45, 2.75) is 6.92 Å². The number of aromatic amines is 1. The van der Waals surface area contributed by atoms with Crippen molar-refractivity contribution in [1.29, 1.82) is 0 Å². The lowest BCUT2D eigenvalue weighted by Gasteiger charge is -1.99. The Morgan fingerprint density at radius 1 is 1.62 bits per heavy atom. The van der Waals surface area contributed by atoms with Crippen LogP contribution in [0.5, 0.6) is 0 Å². The molecule has 0 bridgehead atoms. The molecule has 0 aromatic carbocycles. The van der Waals surface area contributed by atoms with Crippen LogP contribution in [0.25, 0.3) is 5.65 Å². The molecule has 0 aliphatic carbocycles. The van der Waals surface area contributed by atoms with Crippen molar-refractivity contribution in [2.75, 3.05) is 11.9 Å². The van der Waals surface area contributed by atoms with Gasteiger partial charge in [0.15, 0.2) is 5.65 Å². The highest BCUT2D eigenvalue weighted by molar-refractivity contribution is 5.42. The second-order valence-electron chi connectivity index (χ2n) is 2.55. The summed E-state index contributed by atoms with van der Waals surface area (Å²) in [5.74, 6) is 0.665. The van der Waals surface area contributed by atoms with E-state index in [0.717, 1.165) is 6.54 Å². The zero-order valence-electron chi connectivity index (χ0n) is 7.11. The summed E-state index contributed by atoms with van der Waals surface area (Å²) < 4.78 is 1.22. The van der Waals surface area contributed by atoms with Crippen molar-refractivity contribution in [3.8, 4) is 0 Å². The molecule has 0 saturated heterocycles. The van der Waals surface area contributed by atoms with Crippen molar-refractivity contribution in [2.24, 2.45) is 0 Å². The van der Waals surface area contributed by atoms with Crippen molar-refractivity contribution >= 4 is 11.5 Å². The van der Waals surface area contributed by atoms with E-state index in [1.54, 1.807) is 12.1 Å². The van der Waals surface area contributed by atoms with Gasteiger partial charge in [-0.05, 0) is 19.1 Å². The van der Waals surface area contributed by atoms with Gasteiger partial charge in [0, 0.05) is 6.54 Å². The molecule has 0 atom stereocenters. The molecular formula is C7H9N5O. The van der Waals surface area contributed by atoms with E-state index in [1.165, 1.54) is 4.52 Å². The molecule has 0 unspecified atom stereocenters. The summed E-state index contributed by atoms with van der Waals surface area (Å²) in [5.41, 5.74) is 0.196. The van der Waals surface area contributed by atoms with Crippen LogP contribution in [0, 0.1) is 0 Å². The molecule has 0 spiro atoms. The Morgan fingerprint density at radius 2 is 2.46 bits per heavy atom. The number of hydrogen-bond donors (Lipinski definition) is 2. The molecule has 68 valence electrons. The molecule has 2 aromatic heterocycles. The number of anilines is 1. The van der Waals surface area contributed by atoms with E-state index in [0.29, 0.717) is 11.5 Å². The fourth-order valence-corrected chi connectivity index (χ4v) is 1.08. The van der Waals surface area contributed by atoms with Crippen LogP contribution in [0.4, 0.5) is 5.82 Å². The topological polar surface area (TPSA) is 75.1 Å². The third kappa shape index (κ3) is 1.26. The number of hydrogen-bond acceptors (Lipinski definition) is 4. The summed E-state index contributed by atoms with van der Waals surface area (Å²) in [6.07, 6.45) is 0. The average Bonchev–Trinajstić information content (AvgIpc) is 2.49. The Balaban J connectivity index is 2.59. The molecule has 2 heterocycles. The standard InChI is InChI=1S/C7H9N5O/c1-2-8-5-3-4-6-9-10-7(13)12(6)11-5/h3-4H,2H2,1H3,(H,8,11)(H,10,13). The molecule has 0 aliphatic heterocycles. The van der Waals surface area contributed by atoms with E-state index < -0.39 is 0 Å². The maximum Gasteiger partial charge on any atom is 0.364 e. The number of H-pyrrole nitrogens is 1. The highest BCUT2D eigenvalue weighted by Gasteiger charge is 2.00. The second-order valence-corrected chi connectivity index (χ2v) is 2.55. The lowest BCUT2D eigenvalue weighted by Crippen LogP contribution is -2.13. The quantitative estimate of drug-likeness (QED) is 0.672. The van der Waals surface area contributed by atoms with Crippen LogP contribution < -0.4 is 11.0 Å². The van der Waals surface area contributed by atoms with Crippen molar-refractivity contribution in [3.63, 3.8) is 0 Å². The van der Waals surface area contributed by atoms with Crippen LogP contribution in [0.3, 0.4) is 0 Å². The fraction of sp³-hybridized carbons (Fsp3) is 0.286. The maximum absolute atomic E-state index is 11.1. The molecule has 0 amide bonds. The fourth-order valence-electron chi connectivity index (χ4n) is 1.08. The van der Waals surface area contributed by atoms with Crippen LogP contribution in [-0.4, -0.2) is 26.4 Å². The van der Waals surface area contributed by atoms with Gasteiger partial charge in [0.05, 0.1) is 0 Å². The van der Waals surface area contributed by atoms with Gasteiger partial charge in [-0.25, -0.2) is 9.89 Å². The summed E-state index contributed by atoms with van der Waals surface area (Å²) in [7, 11) is 0. The summed E-state index contributed by atoms with van der Waals surface area (Å²) in [4.78, 5) is 11.1. The Labute approximate surface area is 73.6 Å². The first kappa shape index (κ1) is 7.78. The predicted octanol–water partition coefficient (Wildman–Crippen LogP) is -0.151. The van der Waals surface area contributed by atoms with Crippen LogP contribution in [0.1, 0.15) is 6.92 Å². The van der Waals surface area contributed by atoms with Gasteiger partial charge in [-0.2, -0.15) is 9.61 Å². The average molecular weight is 179 g/mol. The van der Waals surface area contributed by atoms with Crippen LogP contribution in [0.2, 0.25) is 0 Å². The lowest BCUT2D eigenvalue weighted by molar-refractivity contribution is 0.878. The Kier molecular flexibility index (Phi) is 1.73. The highest BCUT2D eigenvalue weighted by Crippen LogP contribution is 2.01. The van der Waals surface area contributed by atoms with E-state index in [9.17, 15) is 4.79 Å². The van der Waals surface area contributed by atoms with Gasteiger partial charge < -0.3 is 5.32 Å². The van der Waals surface area contributed by atoms with Crippen LogP contribution in [0.15, 0.2) is 16.9 Å². The highest BCUT2D eigenvalue weighted by atomic mass is 16.2. The van der Waals surface area contributed by atoms with Crippen LogP contribution >= 0.6 is 0 Å². The summed E-state index contributed by atoms with van der Waals surface area (Å²) in [6.45, 7) is 2.73. The number of fused-ring (bicyclic) bond motifs is 1. The van der Waals surface area contributed by atoms with Gasteiger partial charge in [0.1, 0.15) is 5.82 Å². The Hall–Kier alpha value is -1.85. The van der Waals surface area contributed by atoms with Crippen molar-refractivity contribution < 1.29 is 0 Å². The first-order valence-electron chi connectivity index (χ1n) is 3.99. The minimum atomic E-state index is -0.324. The van der Waals surface area contributed by atoms with E-state index in [1.807, 2.05) is 6.92 Å². The third-order valence-electron chi connectivity index (χ3n) is 1.63. The summed E-state index contributed by atoms with van der Waals surface area (Å²) >= 11 is 0. The van der Waals surface area contributed by atoms with Gasteiger partial charge in [-0.15, -0.1) is 5.10 Å². The zero-order valence-corrected chi connectivity index (χ0v) is 7.11. The number of rotatable bonds is 2. The molecule has 6 nitrogen and oxygen atoms in total. The molecule has 2 aromatic rings. The van der Waals surface area contributed by atoms with Gasteiger partial charge in [-0.3, -0.25) is 0 Å². The molecule has 6 heteroatoms. The minimum absolute atomic E-state index is 0.324. The third-order valence-corrected chi connectivity index (χ3v) is 1.63. The van der Waals surface area contributed by atoms with E-state index >= 15 is 0 Å². The maximum atomic E-state index is 11.1. The molecule has 0 saturated carbocycles. The van der Waals surface area contributed by atoms with E-state index in [4.69, 9.17) is 0 Å². The monoisotopic (exact) mass is 179 g/mol. The minimum Gasteiger partial charge on any atom is -0.369 e. The Bertz CT molecular complexity index is 471. The molecule has 2 rings (SSSR count). The summed E-state index contributed by atoms with van der Waals surface area (Å²) in [5, 5.41) is 13.1. The molecule has 13 heavy (non-hydrogen) atoms. The number of nitrogens with one attached hydrogen (secondary N) is 2. The molecule has 2 N–H and O–H groups in total. The van der Waals surface area contributed by atoms with E-state index in [-0.39, 0.29) is 5.69 Å². The van der Waals surface area contributed by atoms with E-state index in [2.05, 4.69) is 20.6 Å². The Morgan fingerprint density at radius 3 is 3.23 bits per heavy atom. The number of nitrogens with zero attached hydrogens (tertiary/aromatic N) is 3. The first-order valence-corrected chi connectivity index (χ1v) is 3.99. The first-order chi connectivity index (χ1) is 6.31. The zero-order chi connectivity index (χ0) is 9.26.